The van der Waals surface area contributed by atoms with Crippen molar-refractivity contribution in [2.45, 2.75) is 12.2 Å². The summed E-state index contributed by atoms with van der Waals surface area (Å²) in [6.07, 6.45) is -3.03. The van der Waals surface area contributed by atoms with Crippen LogP contribution in [0.4, 0.5) is 0 Å². The van der Waals surface area contributed by atoms with E-state index in [-0.39, 0.29) is 28.1 Å². The number of rotatable bonds is 1. The number of ether oxygens (including phenoxy) is 1. The zero-order chi connectivity index (χ0) is 16.9. The van der Waals surface area contributed by atoms with Gasteiger partial charge >= 0.3 is 0 Å². The van der Waals surface area contributed by atoms with Crippen LogP contribution in [0.3, 0.4) is 0 Å². The molecule has 128 valence electrons. The van der Waals surface area contributed by atoms with E-state index in [0.29, 0.717) is 0 Å². The lowest BCUT2D eigenvalue weighted by molar-refractivity contribution is 0.0209. The molecule has 0 spiro atoms. The first kappa shape index (κ1) is 17.2. The maximum atomic E-state index is 12.2. The van der Waals surface area contributed by atoms with Gasteiger partial charge in [-0.3, -0.25) is 4.79 Å². The molecule has 9 heteroatoms. The van der Waals surface area contributed by atoms with Crippen LogP contribution in [-0.4, -0.2) is 48.0 Å². The van der Waals surface area contributed by atoms with Crippen LogP contribution in [0.15, 0.2) is 24.3 Å². The van der Waals surface area contributed by atoms with Crippen molar-refractivity contribution in [3.8, 4) is 34.5 Å². The number of hydrogen-bond acceptors (Lipinski definition) is 8. The molecule has 0 radical (unpaired) electrons. The molecule has 0 saturated heterocycles. The van der Waals surface area contributed by atoms with Gasteiger partial charge in [0.25, 0.3) is 0 Å². The summed E-state index contributed by atoms with van der Waals surface area (Å²) in [6.45, 7) is 0. The summed E-state index contributed by atoms with van der Waals surface area (Å²) < 4.78 is 5.42. The second kappa shape index (κ2) is 5.80. The van der Waals surface area contributed by atoms with Crippen LogP contribution in [0.2, 0.25) is 0 Å². The van der Waals surface area contributed by atoms with E-state index in [1.165, 1.54) is 0 Å². The van der Waals surface area contributed by atoms with Crippen molar-refractivity contribution in [2.24, 2.45) is 0 Å². The molecule has 0 aliphatic carbocycles. The molecule has 2 aromatic rings. The van der Waals surface area contributed by atoms with E-state index in [4.69, 9.17) is 4.74 Å². The van der Waals surface area contributed by atoms with Gasteiger partial charge in [-0.05, 0) is 12.1 Å². The van der Waals surface area contributed by atoms with E-state index < -0.39 is 41.0 Å². The highest BCUT2D eigenvalue weighted by Gasteiger charge is 2.39. The Balaban J connectivity index is 0.00000208. The van der Waals surface area contributed by atoms with Crippen LogP contribution in [0.25, 0.3) is 0 Å². The number of benzene rings is 2. The Labute approximate surface area is 134 Å². The molecule has 2 atom stereocenters. The number of Topliss-reactive ketones (excluding diaryl/α,β-unsaturated/α-hetero) is 1. The first-order valence-electron chi connectivity index (χ1n) is 6.49. The lowest BCUT2D eigenvalue weighted by Gasteiger charge is -2.30. The average Bonchev–Trinajstić information content (AvgIpc) is 2.47. The Morgan fingerprint density at radius 2 is 1.46 bits per heavy atom. The van der Waals surface area contributed by atoms with Gasteiger partial charge in [0.15, 0.2) is 29.5 Å². The minimum atomic E-state index is -1.72. The Hall–Kier alpha value is -3.17. The topological polar surface area (TPSA) is 179 Å². The molecule has 24 heavy (non-hydrogen) atoms. The molecule has 0 bridgehead atoms. The number of aliphatic hydroxyl groups excluding tert-OH is 1. The summed E-state index contributed by atoms with van der Waals surface area (Å²) in [7, 11) is 0. The van der Waals surface area contributed by atoms with Crippen molar-refractivity contribution in [1.29, 1.82) is 0 Å². The largest absolute Gasteiger partial charge is 0.508 e. The van der Waals surface area contributed by atoms with Gasteiger partial charge in [0.1, 0.15) is 22.8 Å². The molecule has 3 rings (SSSR count). The third-order valence-corrected chi connectivity index (χ3v) is 3.54. The normalized spacial score (nSPS) is 19.1. The standard InChI is InChI=1S/C15H12O8.H2O/c16-6-3-7(17)11-10(4-6)23-15(14(22)13(11)21)5-1-8(18)12(20)9(19)2-5;/h1-4,14-20,22H;1H2/t14-,15+;/m1./s1. The smallest absolute Gasteiger partial charge is 0.202 e. The Kier molecular flexibility index (Phi) is 4.15. The number of aromatic hydroxyl groups is 5. The summed E-state index contributed by atoms with van der Waals surface area (Å²) in [5.74, 6) is -3.96. The molecule has 2 aromatic carbocycles. The number of carbonyl (C=O) groups is 1. The van der Waals surface area contributed by atoms with Crippen molar-refractivity contribution in [2.75, 3.05) is 0 Å². The van der Waals surface area contributed by atoms with Crippen LogP contribution in [0, 0.1) is 0 Å². The van der Waals surface area contributed by atoms with Gasteiger partial charge in [0, 0.05) is 17.7 Å². The first-order chi connectivity index (χ1) is 10.8. The van der Waals surface area contributed by atoms with E-state index in [0.717, 1.165) is 24.3 Å². The predicted octanol–water partition coefficient (Wildman–Crippen LogP) is 0.0672. The van der Waals surface area contributed by atoms with E-state index in [2.05, 4.69) is 0 Å². The minimum Gasteiger partial charge on any atom is -0.508 e. The van der Waals surface area contributed by atoms with Gasteiger partial charge in [0.05, 0.1) is 0 Å². The van der Waals surface area contributed by atoms with Crippen LogP contribution in [-0.2, 0) is 0 Å². The number of ketones is 1. The summed E-state index contributed by atoms with van der Waals surface area (Å²) in [5, 5.41) is 57.7. The summed E-state index contributed by atoms with van der Waals surface area (Å²) in [4.78, 5) is 12.2. The van der Waals surface area contributed by atoms with E-state index in [1.54, 1.807) is 0 Å². The third-order valence-electron chi connectivity index (χ3n) is 3.54. The molecule has 1 aliphatic heterocycles. The number of carbonyl (C=O) groups excluding carboxylic acids is 1. The van der Waals surface area contributed by atoms with Gasteiger partial charge in [-0.1, -0.05) is 0 Å². The van der Waals surface area contributed by atoms with Gasteiger partial charge in [-0.2, -0.15) is 0 Å². The van der Waals surface area contributed by atoms with Crippen molar-refractivity contribution in [1.82, 2.24) is 0 Å². The zero-order valence-electron chi connectivity index (χ0n) is 12.0. The van der Waals surface area contributed by atoms with E-state index in [1.807, 2.05) is 0 Å². The Morgan fingerprint density at radius 3 is 2.04 bits per heavy atom. The number of hydrogen-bond donors (Lipinski definition) is 6. The molecule has 0 fully saturated rings. The fourth-order valence-corrected chi connectivity index (χ4v) is 2.45. The van der Waals surface area contributed by atoms with Gasteiger partial charge in [-0.25, -0.2) is 0 Å². The predicted molar refractivity (Wildman–Crippen MR) is 78.5 cm³/mol. The number of phenols is 5. The Bertz CT molecular complexity index is 792. The third kappa shape index (κ3) is 2.51. The summed E-state index contributed by atoms with van der Waals surface area (Å²) in [6, 6.07) is 4.06. The second-order valence-corrected chi connectivity index (χ2v) is 5.09. The highest BCUT2D eigenvalue weighted by molar-refractivity contribution is 6.05. The monoisotopic (exact) mass is 338 g/mol. The van der Waals surface area contributed by atoms with Crippen molar-refractivity contribution >= 4 is 5.78 Å². The van der Waals surface area contributed by atoms with Crippen LogP contribution < -0.4 is 4.74 Å². The van der Waals surface area contributed by atoms with Gasteiger partial charge in [0.2, 0.25) is 5.78 Å². The van der Waals surface area contributed by atoms with Gasteiger partial charge in [-0.15, -0.1) is 0 Å². The molecular formula is C15H14O9. The minimum absolute atomic E-state index is 0. The van der Waals surface area contributed by atoms with Crippen molar-refractivity contribution in [3.05, 3.63) is 35.4 Å². The maximum absolute atomic E-state index is 12.2. The molecule has 1 heterocycles. The number of phenolic OH excluding ortho intramolecular Hbond substituents is 5. The molecule has 0 aromatic heterocycles. The number of fused-ring (bicyclic) bond motifs is 1. The molecule has 1 aliphatic rings. The molecular weight excluding hydrogens is 324 g/mol. The summed E-state index contributed by atoms with van der Waals surface area (Å²) >= 11 is 0. The van der Waals surface area contributed by atoms with Crippen LogP contribution in [0.1, 0.15) is 22.0 Å². The average molecular weight is 338 g/mol. The number of aliphatic hydroxyl groups is 1. The highest BCUT2D eigenvalue weighted by Crippen LogP contribution is 2.44. The van der Waals surface area contributed by atoms with E-state index >= 15 is 0 Å². The fourth-order valence-electron chi connectivity index (χ4n) is 2.45. The Morgan fingerprint density at radius 1 is 0.875 bits per heavy atom. The van der Waals surface area contributed by atoms with Crippen LogP contribution in [0.5, 0.6) is 34.5 Å². The van der Waals surface area contributed by atoms with E-state index in [9.17, 15) is 35.4 Å². The second-order valence-electron chi connectivity index (χ2n) is 5.09. The van der Waals surface area contributed by atoms with Crippen molar-refractivity contribution in [3.63, 3.8) is 0 Å². The maximum Gasteiger partial charge on any atom is 0.202 e. The lowest BCUT2D eigenvalue weighted by atomic mass is 9.92. The molecule has 8 N–H and O–H groups in total. The molecule has 0 saturated carbocycles. The molecule has 9 nitrogen and oxygen atoms in total. The zero-order valence-corrected chi connectivity index (χ0v) is 12.0. The first-order valence-corrected chi connectivity index (χ1v) is 6.49. The summed E-state index contributed by atoms with van der Waals surface area (Å²) in [5.41, 5.74) is -0.258. The molecule has 0 unspecified atom stereocenters. The molecule has 0 amide bonds. The van der Waals surface area contributed by atoms with Crippen molar-refractivity contribution < 1.29 is 45.6 Å². The van der Waals surface area contributed by atoms with Crippen LogP contribution >= 0.6 is 0 Å². The van der Waals surface area contributed by atoms with Gasteiger partial charge < -0.3 is 40.9 Å². The fraction of sp³-hybridized carbons (Fsp3) is 0.133. The highest BCUT2D eigenvalue weighted by atomic mass is 16.5. The SMILES string of the molecule is O.O=C1c2c(O)cc(O)cc2O[C@@H](c2cc(O)c(O)c(O)c2)[C@@H]1O. The lowest BCUT2D eigenvalue weighted by Crippen LogP contribution is -2.36. The quantitative estimate of drug-likeness (QED) is 0.395.